The molecule has 1 aromatic heterocycles. The minimum Gasteiger partial charge on any atom is -0.487 e. The van der Waals surface area contributed by atoms with Crippen molar-refractivity contribution in [2.24, 2.45) is 21.4 Å². The van der Waals surface area contributed by atoms with E-state index < -0.39 is 0 Å². The van der Waals surface area contributed by atoms with Crippen LogP contribution < -0.4 is 15.9 Å². The Morgan fingerprint density at radius 2 is 2.06 bits per heavy atom. The van der Waals surface area contributed by atoms with Gasteiger partial charge in [-0.25, -0.2) is 4.98 Å². The minimum atomic E-state index is 0.361. The highest BCUT2D eigenvalue weighted by Crippen LogP contribution is 2.17. The van der Waals surface area contributed by atoms with Crippen LogP contribution in [0.25, 0.3) is 18.2 Å². The first-order valence-electron chi connectivity index (χ1n) is 10.6. The van der Waals surface area contributed by atoms with Crippen LogP contribution in [0.1, 0.15) is 29.4 Å². The van der Waals surface area contributed by atoms with Crippen molar-refractivity contribution < 1.29 is 4.74 Å². The van der Waals surface area contributed by atoms with Crippen molar-refractivity contribution in [1.82, 2.24) is 10.3 Å². The number of pyridine rings is 1. The molecule has 0 saturated carbocycles. The van der Waals surface area contributed by atoms with Gasteiger partial charge in [0.15, 0.2) is 0 Å². The molecule has 0 radical (unpaired) electrons. The lowest BCUT2D eigenvalue weighted by atomic mass is 10.1. The summed E-state index contributed by atoms with van der Waals surface area (Å²) >= 11 is 0. The first-order chi connectivity index (χ1) is 16.6. The molecule has 0 saturated heterocycles. The van der Waals surface area contributed by atoms with Crippen LogP contribution in [0, 0.1) is 0 Å². The first-order valence-corrected chi connectivity index (χ1v) is 10.6. The molecule has 0 unspecified atom stereocenters. The van der Waals surface area contributed by atoms with Gasteiger partial charge >= 0.3 is 0 Å². The molecule has 0 spiro atoms. The molecule has 0 aliphatic heterocycles. The summed E-state index contributed by atoms with van der Waals surface area (Å²) in [6.07, 6.45) is 14.6. The zero-order valence-corrected chi connectivity index (χ0v) is 19.4. The van der Waals surface area contributed by atoms with Crippen LogP contribution in [-0.2, 0) is 6.61 Å². The van der Waals surface area contributed by atoms with E-state index in [9.17, 15) is 0 Å². The highest BCUT2D eigenvalue weighted by molar-refractivity contribution is 5.82. The fourth-order valence-electron chi connectivity index (χ4n) is 2.88. The number of hydrogen-bond donors (Lipinski definition) is 2. The predicted octanol–water partition coefficient (Wildman–Crippen LogP) is 5.88. The Balaban J connectivity index is 1.92. The van der Waals surface area contributed by atoms with Crippen molar-refractivity contribution in [2.75, 3.05) is 6.54 Å². The Morgan fingerprint density at radius 3 is 2.79 bits per heavy atom. The summed E-state index contributed by atoms with van der Waals surface area (Å²) in [6.45, 7) is 14.5. The van der Waals surface area contributed by atoms with Crippen LogP contribution in [0.2, 0.25) is 0 Å². The fraction of sp³-hybridized carbons (Fsp3) is 0.111. The molecule has 1 heterocycles. The summed E-state index contributed by atoms with van der Waals surface area (Å²) in [5.74, 6) is 5.71. The number of rotatable bonds is 13. The lowest BCUT2D eigenvalue weighted by Gasteiger charge is -2.08. The Kier molecular flexibility index (Phi) is 11.0. The van der Waals surface area contributed by atoms with Crippen LogP contribution in [0.4, 0.5) is 0 Å². The number of ether oxygens (including phenoxy) is 1. The SMILES string of the molecule is C=Cc1ccc(COc2cccc(/C=C\NCC(=C)/C=C(\C=C/C)/C=N/N=N\N)c2)nc1C=C. The standard InChI is InChI=1S/C27H30N6O/c1-5-9-23(19-30-33-32-28)16-21(4)18-29-15-14-22-10-8-11-26(17-22)34-20-25-13-12-24(6-2)27(7-3)31-25/h5-17,19,29H,2-4,18,20H2,1H3,(H2,28,33)/b9-5-,15-14-,23-16+,30-19+. The number of allylic oxidation sites excluding steroid dienone is 3. The predicted molar refractivity (Wildman–Crippen MR) is 142 cm³/mol. The van der Waals surface area contributed by atoms with Gasteiger partial charge in [-0.05, 0) is 77.0 Å². The average Bonchev–Trinajstić information content (AvgIpc) is 2.85. The van der Waals surface area contributed by atoms with Gasteiger partial charge in [0.2, 0.25) is 0 Å². The lowest BCUT2D eigenvalue weighted by molar-refractivity contribution is 0.301. The van der Waals surface area contributed by atoms with Crippen molar-refractivity contribution in [3.63, 3.8) is 0 Å². The van der Waals surface area contributed by atoms with E-state index in [2.05, 4.69) is 45.6 Å². The van der Waals surface area contributed by atoms with Crippen LogP contribution in [0.5, 0.6) is 5.75 Å². The smallest absolute Gasteiger partial charge is 0.130 e. The summed E-state index contributed by atoms with van der Waals surface area (Å²) in [7, 11) is 0. The summed E-state index contributed by atoms with van der Waals surface area (Å²) in [6, 6.07) is 11.7. The molecular formula is C27H30N6O. The Morgan fingerprint density at radius 1 is 1.21 bits per heavy atom. The van der Waals surface area contributed by atoms with Crippen LogP contribution >= 0.6 is 0 Å². The normalized spacial score (nSPS) is 12.1. The quantitative estimate of drug-likeness (QED) is 0.130. The molecule has 0 aliphatic rings. The van der Waals surface area contributed by atoms with E-state index in [0.717, 1.165) is 39.4 Å². The van der Waals surface area contributed by atoms with Gasteiger partial charge in [-0.15, -0.1) is 5.10 Å². The summed E-state index contributed by atoms with van der Waals surface area (Å²) in [5, 5.41) is 13.4. The van der Waals surface area contributed by atoms with E-state index in [0.29, 0.717) is 13.2 Å². The van der Waals surface area contributed by atoms with Gasteiger partial charge in [0.05, 0.1) is 17.6 Å². The summed E-state index contributed by atoms with van der Waals surface area (Å²) < 4.78 is 5.92. The molecule has 0 fully saturated rings. The third-order valence-electron chi connectivity index (χ3n) is 4.44. The van der Waals surface area contributed by atoms with Crippen molar-refractivity contribution in [3.8, 4) is 5.75 Å². The molecule has 34 heavy (non-hydrogen) atoms. The van der Waals surface area contributed by atoms with Crippen LogP contribution in [0.15, 0.2) is 107 Å². The zero-order chi connectivity index (χ0) is 24.6. The second-order valence-corrected chi connectivity index (χ2v) is 7.01. The van der Waals surface area contributed by atoms with Gasteiger partial charge < -0.3 is 15.9 Å². The Bertz CT molecular complexity index is 1140. The van der Waals surface area contributed by atoms with Crippen LogP contribution in [0.3, 0.4) is 0 Å². The maximum atomic E-state index is 5.92. The van der Waals surface area contributed by atoms with Gasteiger partial charge in [-0.2, -0.15) is 0 Å². The van der Waals surface area contributed by atoms with E-state index >= 15 is 0 Å². The number of benzene rings is 1. The number of nitrogens with zero attached hydrogens (tertiary/aromatic N) is 4. The largest absolute Gasteiger partial charge is 0.487 e. The average molecular weight is 455 g/mol. The van der Waals surface area contributed by atoms with E-state index in [1.807, 2.05) is 73.8 Å². The third-order valence-corrected chi connectivity index (χ3v) is 4.44. The number of nitrogens with one attached hydrogen (secondary N) is 1. The molecule has 0 amide bonds. The van der Waals surface area contributed by atoms with E-state index in [1.165, 1.54) is 0 Å². The molecule has 2 aromatic rings. The van der Waals surface area contributed by atoms with Gasteiger partial charge in [0, 0.05) is 6.54 Å². The van der Waals surface area contributed by atoms with Crippen molar-refractivity contribution in [2.45, 2.75) is 13.5 Å². The molecule has 174 valence electrons. The molecule has 1 aromatic carbocycles. The monoisotopic (exact) mass is 454 g/mol. The molecule has 7 heteroatoms. The lowest BCUT2D eigenvalue weighted by Crippen LogP contribution is -2.08. The number of aromatic nitrogens is 1. The van der Waals surface area contributed by atoms with E-state index in [1.54, 1.807) is 18.4 Å². The molecular weight excluding hydrogens is 424 g/mol. The molecule has 2 rings (SSSR count). The maximum Gasteiger partial charge on any atom is 0.130 e. The molecule has 0 atom stereocenters. The maximum absolute atomic E-state index is 5.92. The van der Waals surface area contributed by atoms with Crippen molar-refractivity contribution >= 4 is 24.4 Å². The number of nitrogens with two attached hydrogens (primary N) is 1. The topological polar surface area (TPSA) is 97.2 Å². The summed E-state index contributed by atoms with van der Waals surface area (Å²) in [5.41, 5.74) is 5.27. The second-order valence-electron chi connectivity index (χ2n) is 7.01. The fourth-order valence-corrected chi connectivity index (χ4v) is 2.88. The van der Waals surface area contributed by atoms with Crippen molar-refractivity contribution in [3.05, 3.63) is 114 Å². The molecule has 3 N–H and O–H groups in total. The van der Waals surface area contributed by atoms with Gasteiger partial charge in [0.1, 0.15) is 12.4 Å². The van der Waals surface area contributed by atoms with Crippen molar-refractivity contribution in [1.29, 1.82) is 0 Å². The van der Waals surface area contributed by atoms with Gasteiger partial charge in [-0.3, -0.25) is 0 Å². The van der Waals surface area contributed by atoms with Gasteiger partial charge in [-0.1, -0.05) is 61.4 Å². The van der Waals surface area contributed by atoms with E-state index in [-0.39, 0.29) is 0 Å². The highest BCUT2D eigenvalue weighted by atomic mass is 16.5. The molecule has 0 bridgehead atoms. The van der Waals surface area contributed by atoms with Crippen LogP contribution in [-0.4, -0.2) is 17.7 Å². The summed E-state index contributed by atoms with van der Waals surface area (Å²) in [4.78, 5) is 4.55. The molecule has 0 aliphatic carbocycles. The highest BCUT2D eigenvalue weighted by Gasteiger charge is 2.02. The third kappa shape index (κ3) is 8.92. The second kappa shape index (κ2) is 14.5. The van der Waals surface area contributed by atoms with E-state index in [4.69, 9.17) is 10.6 Å². The number of hydrogen-bond acceptors (Lipinski definition) is 5. The van der Waals surface area contributed by atoms with Gasteiger partial charge in [0.25, 0.3) is 0 Å². The zero-order valence-electron chi connectivity index (χ0n) is 19.4. The molecule has 7 nitrogen and oxygen atoms in total. The minimum absolute atomic E-state index is 0.361. The Labute approximate surface area is 201 Å². The first kappa shape index (κ1) is 25.7. The Hall–Kier alpha value is -4.52.